The van der Waals surface area contributed by atoms with E-state index in [0.717, 1.165) is 19.3 Å². The van der Waals surface area contributed by atoms with Crippen molar-refractivity contribution in [2.75, 3.05) is 20.3 Å². The molecule has 1 aromatic rings. The van der Waals surface area contributed by atoms with Crippen LogP contribution in [0.1, 0.15) is 36.0 Å². The van der Waals surface area contributed by atoms with Crippen molar-refractivity contribution in [3.8, 4) is 5.88 Å². The number of aliphatic hydroxyl groups is 1. The van der Waals surface area contributed by atoms with Gasteiger partial charge in [0.2, 0.25) is 5.88 Å². The van der Waals surface area contributed by atoms with Crippen LogP contribution in [0, 0.1) is 0 Å². The number of methoxy groups -OCH3 is 1. The second-order valence-corrected chi connectivity index (χ2v) is 4.72. The number of aliphatic hydroxyl groups excluding tert-OH is 1. The number of carbonyl (C=O) groups is 1. The number of aromatic nitrogens is 1. The van der Waals surface area contributed by atoms with Gasteiger partial charge in [-0.1, -0.05) is 0 Å². The molecule has 104 valence electrons. The Kier molecular flexibility index (Phi) is 4.74. The number of amides is 1. The summed E-state index contributed by atoms with van der Waals surface area (Å²) in [6.45, 7) is 0.679. The van der Waals surface area contributed by atoms with Crippen LogP contribution >= 0.6 is 0 Å². The Hall–Kier alpha value is -1.62. The highest BCUT2D eigenvalue weighted by atomic mass is 16.5. The molecule has 1 aliphatic rings. The Bertz CT molecular complexity index is 432. The van der Waals surface area contributed by atoms with E-state index in [4.69, 9.17) is 9.84 Å². The van der Waals surface area contributed by atoms with E-state index in [9.17, 15) is 4.79 Å². The molecule has 1 heterocycles. The van der Waals surface area contributed by atoms with Crippen molar-refractivity contribution >= 4 is 5.91 Å². The Morgan fingerprint density at radius 3 is 2.95 bits per heavy atom. The Labute approximate surface area is 113 Å². The summed E-state index contributed by atoms with van der Waals surface area (Å²) in [5, 5.41) is 8.97. The first-order valence-corrected chi connectivity index (χ1v) is 6.68. The maximum absolute atomic E-state index is 12.6. The topological polar surface area (TPSA) is 62.7 Å². The lowest BCUT2D eigenvalue weighted by Crippen LogP contribution is -2.45. The second-order valence-electron chi connectivity index (χ2n) is 4.72. The summed E-state index contributed by atoms with van der Waals surface area (Å²) in [5.74, 6) is 0.309. The van der Waals surface area contributed by atoms with Crippen LogP contribution in [0.3, 0.4) is 0 Å². The zero-order chi connectivity index (χ0) is 13.7. The third-order valence-corrected chi connectivity index (χ3v) is 3.53. The number of nitrogens with zero attached hydrogens (tertiary/aromatic N) is 2. The standard InChI is InChI=1S/C14H20N2O3/c1-19-13-12(7-3-8-15-13)14(18)16(9-4-10-17)11-5-2-6-11/h3,7-8,11,17H,2,4-6,9-10H2,1H3. The first kappa shape index (κ1) is 13.8. The van der Waals surface area contributed by atoms with Crippen LogP contribution in [0.4, 0.5) is 0 Å². The minimum atomic E-state index is -0.0527. The van der Waals surface area contributed by atoms with Gasteiger partial charge in [0.15, 0.2) is 0 Å². The monoisotopic (exact) mass is 264 g/mol. The molecule has 0 aliphatic heterocycles. The van der Waals surface area contributed by atoms with Crippen LogP contribution in [0.5, 0.6) is 5.88 Å². The van der Waals surface area contributed by atoms with E-state index in [2.05, 4.69) is 4.98 Å². The van der Waals surface area contributed by atoms with E-state index in [1.807, 2.05) is 4.90 Å². The van der Waals surface area contributed by atoms with Crippen LogP contribution < -0.4 is 4.74 Å². The molecule has 1 N–H and O–H groups in total. The fourth-order valence-electron chi connectivity index (χ4n) is 2.26. The highest BCUT2D eigenvalue weighted by Crippen LogP contribution is 2.27. The Balaban J connectivity index is 2.17. The summed E-state index contributed by atoms with van der Waals surface area (Å²) in [6.07, 6.45) is 5.46. The van der Waals surface area contributed by atoms with Gasteiger partial charge >= 0.3 is 0 Å². The summed E-state index contributed by atoms with van der Waals surface area (Å²) in [5.41, 5.74) is 0.495. The molecule has 0 bridgehead atoms. The fourth-order valence-corrected chi connectivity index (χ4v) is 2.26. The number of rotatable bonds is 6. The lowest BCUT2D eigenvalue weighted by molar-refractivity contribution is 0.0558. The van der Waals surface area contributed by atoms with Gasteiger partial charge in [-0.2, -0.15) is 0 Å². The predicted molar refractivity (Wildman–Crippen MR) is 71.2 cm³/mol. The first-order valence-electron chi connectivity index (χ1n) is 6.68. The lowest BCUT2D eigenvalue weighted by Gasteiger charge is -2.37. The molecule has 0 saturated heterocycles. The van der Waals surface area contributed by atoms with Crippen molar-refractivity contribution in [3.05, 3.63) is 23.9 Å². The quantitative estimate of drug-likeness (QED) is 0.845. The number of hydrogen-bond acceptors (Lipinski definition) is 4. The van der Waals surface area contributed by atoms with Gasteiger partial charge in [-0.25, -0.2) is 4.98 Å². The maximum Gasteiger partial charge on any atom is 0.259 e. The van der Waals surface area contributed by atoms with Crippen LogP contribution in [-0.4, -0.2) is 47.2 Å². The van der Waals surface area contributed by atoms with Gasteiger partial charge in [-0.15, -0.1) is 0 Å². The average Bonchev–Trinajstić information content (AvgIpc) is 2.40. The lowest BCUT2D eigenvalue weighted by atomic mass is 9.91. The van der Waals surface area contributed by atoms with E-state index in [1.54, 1.807) is 18.3 Å². The molecule has 1 aliphatic carbocycles. The number of carbonyl (C=O) groups excluding carboxylic acids is 1. The van der Waals surface area contributed by atoms with Gasteiger partial charge < -0.3 is 14.7 Å². The second kappa shape index (κ2) is 6.52. The molecule has 19 heavy (non-hydrogen) atoms. The summed E-state index contributed by atoms with van der Waals surface area (Å²) < 4.78 is 5.14. The molecular formula is C14H20N2O3. The van der Waals surface area contributed by atoms with Crippen molar-refractivity contribution in [2.24, 2.45) is 0 Å². The predicted octanol–water partition coefficient (Wildman–Crippen LogP) is 1.47. The van der Waals surface area contributed by atoms with Crippen molar-refractivity contribution < 1.29 is 14.6 Å². The van der Waals surface area contributed by atoms with Crippen LogP contribution in [0.25, 0.3) is 0 Å². The molecule has 1 amide bonds. The molecule has 2 rings (SSSR count). The van der Waals surface area contributed by atoms with Gasteiger partial charge in [-0.05, 0) is 37.8 Å². The molecule has 0 aromatic carbocycles. The highest BCUT2D eigenvalue weighted by Gasteiger charge is 2.30. The minimum Gasteiger partial charge on any atom is -0.480 e. The molecule has 1 saturated carbocycles. The van der Waals surface area contributed by atoms with Crippen molar-refractivity contribution in [1.82, 2.24) is 9.88 Å². The zero-order valence-corrected chi connectivity index (χ0v) is 11.2. The van der Waals surface area contributed by atoms with Gasteiger partial charge in [0.25, 0.3) is 5.91 Å². The summed E-state index contributed by atoms with van der Waals surface area (Å²) in [6, 6.07) is 3.77. The molecule has 0 radical (unpaired) electrons. The molecule has 5 heteroatoms. The van der Waals surface area contributed by atoms with Crippen LogP contribution in [0.15, 0.2) is 18.3 Å². The smallest absolute Gasteiger partial charge is 0.259 e. The van der Waals surface area contributed by atoms with Gasteiger partial charge in [0, 0.05) is 25.4 Å². The largest absolute Gasteiger partial charge is 0.480 e. The Morgan fingerprint density at radius 2 is 2.37 bits per heavy atom. The van der Waals surface area contributed by atoms with Gasteiger partial charge in [-0.3, -0.25) is 4.79 Å². The first-order chi connectivity index (χ1) is 9.27. The van der Waals surface area contributed by atoms with E-state index in [0.29, 0.717) is 30.5 Å². The zero-order valence-electron chi connectivity index (χ0n) is 11.2. The average molecular weight is 264 g/mol. The summed E-state index contributed by atoms with van der Waals surface area (Å²) >= 11 is 0. The SMILES string of the molecule is COc1ncccc1C(=O)N(CCCO)C1CCC1. The van der Waals surface area contributed by atoms with E-state index in [-0.39, 0.29) is 12.5 Å². The normalized spacial score (nSPS) is 14.8. The molecule has 1 aromatic heterocycles. The van der Waals surface area contributed by atoms with E-state index < -0.39 is 0 Å². The number of ether oxygens (including phenoxy) is 1. The van der Waals surface area contributed by atoms with Gasteiger partial charge in [0.05, 0.1) is 7.11 Å². The molecule has 1 fully saturated rings. The van der Waals surface area contributed by atoms with Gasteiger partial charge in [0.1, 0.15) is 5.56 Å². The van der Waals surface area contributed by atoms with E-state index >= 15 is 0 Å². The molecular weight excluding hydrogens is 244 g/mol. The Morgan fingerprint density at radius 1 is 1.58 bits per heavy atom. The van der Waals surface area contributed by atoms with E-state index in [1.165, 1.54) is 7.11 Å². The maximum atomic E-state index is 12.6. The fraction of sp³-hybridized carbons (Fsp3) is 0.571. The van der Waals surface area contributed by atoms with Crippen LogP contribution in [0.2, 0.25) is 0 Å². The third-order valence-electron chi connectivity index (χ3n) is 3.53. The highest BCUT2D eigenvalue weighted by molar-refractivity contribution is 5.96. The summed E-state index contributed by atoms with van der Waals surface area (Å²) in [4.78, 5) is 18.5. The molecule has 0 atom stereocenters. The van der Waals surface area contributed by atoms with Crippen molar-refractivity contribution in [2.45, 2.75) is 31.7 Å². The van der Waals surface area contributed by atoms with Crippen molar-refractivity contribution in [1.29, 1.82) is 0 Å². The molecule has 5 nitrogen and oxygen atoms in total. The van der Waals surface area contributed by atoms with Crippen molar-refractivity contribution in [3.63, 3.8) is 0 Å². The third kappa shape index (κ3) is 3.04. The summed E-state index contributed by atoms with van der Waals surface area (Å²) in [7, 11) is 1.51. The number of hydrogen-bond donors (Lipinski definition) is 1. The molecule has 0 spiro atoms. The molecule has 0 unspecified atom stereocenters. The number of pyridine rings is 1. The van der Waals surface area contributed by atoms with Crippen LogP contribution in [-0.2, 0) is 0 Å². The minimum absolute atomic E-state index is 0.0527.